The average molecular weight is 318 g/mol. The molecule has 5 heteroatoms. The lowest BCUT2D eigenvalue weighted by molar-refractivity contribution is 0.129. The second-order valence-electron chi connectivity index (χ2n) is 5.39. The number of hydrogen-bond donors (Lipinski definition) is 4. The standard InChI is InChI=1S/C18H22O5/c19-15-9-1-5-13(17(15)21)7-3-11-23-12-4-8-14-6-2-10-16(20)18(14)22/h1-2,5-6,9-10,19-22H,3-4,7-8,11-12H2. The molecule has 124 valence electrons. The Balaban J connectivity index is 1.63. The summed E-state index contributed by atoms with van der Waals surface area (Å²) in [5, 5.41) is 38.2. The van der Waals surface area contributed by atoms with Crippen LogP contribution in [0.15, 0.2) is 36.4 Å². The zero-order chi connectivity index (χ0) is 16.7. The van der Waals surface area contributed by atoms with Gasteiger partial charge in [0.25, 0.3) is 0 Å². The van der Waals surface area contributed by atoms with Gasteiger partial charge in [0, 0.05) is 13.2 Å². The summed E-state index contributed by atoms with van der Waals surface area (Å²) >= 11 is 0. The molecule has 0 saturated carbocycles. The lowest BCUT2D eigenvalue weighted by Crippen LogP contribution is -2.00. The van der Waals surface area contributed by atoms with Crippen molar-refractivity contribution in [2.24, 2.45) is 0 Å². The summed E-state index contributed by atoms with van der Waals surface area (Å²) in [6, 6.07) is 9.86. The molecule has 0 unspecified atom stereocenters. The van der Waals surface area contributed by atoms with E-state index in [-0.39, 0.29) is 23.0 Å². The van der Waals surface area contributed by atoms with Crippen LogP contribution in [-0.4, -0.2) is 33.6 Å². The van der Waals surface area contributed by atoms with Crippen molar-refractivity contribution in [2.75, 3.05) is 13.2 Å². The molecule has 4 N–H and O–H groups in total. The molecule has 0 aliphatic carbocycles. The molecule has 0 saturated heterocycles. The van der Waals surface area contributed by atoms with Crippen molar-refractivity contribution < 1.29 is 25.2 Å². The van der Waals surface area contributed by atoms with Gasteiger partial charge in [-0.05, 0) is 48.9 Å². The summed E-state index contributed by atoms with van der Waals surface area (Å²) in [7, 11) is 0. The van der Waals surface area contributed by atoms with Gasteiger partial charge in [0.15, 0.2) is 23.0 Å². The average Bonchev–Trinajstić information content (AvgIpc) is 2.54. The van der Waals surface area contributed by atoms with E-state index in [2.05, 4.69) is 0 Å². The number of aromatic hydroxyl groups is 4. The number of phenolic OH excluding ortho intramolecular Hbond substituents is 4. The topological polar surface area (TPSA) is 90.2 Å². The number of aryl methyl sites for hydroxylation is 2. The summed E-state index contributed by atoms with van der Waals surface area (Å²) in [6.45, 7) is 1.11. The van der Waals surface area contributed by atoms with E-state index in [0.717, 1.165) is 12.8 Å². The van der Waals surface area contributed by atoms with E-state index in [4.69, 9.17) is 4.74 Å². The zero-order valence-corrected chi connectivity index (χ0v) is 12.9. The van der Waals surface area contributed by atoms with Gasteiger partial charge in [-0.1, -0.05) is 24.3 Å². The fourth-order valence-electron chi connectivity index (χ4n) is 2.39. The molecule has 2 aromatic rings. The maximum atomic E-state index is 9.68. The van der Waals surface area contributed by atoms with Crippen LogP contribution in [0.25, 0.3) is 0 Å². The van der Waals surface area contributed by atoms with Crippen LogP contribution in [-0.2, 0) is 17.6 Å². The Morgan fingerprint density at radius 3 is 1.52 bits per heavy atom. The van der Waals surface area contributed by atoms with Crippen molar-refractivity contribution in [3.63, 3.8) is 0 Å². The van der Waals surface area contributed by atoms with Crippen LogP contribution in [0.5, 0.6) is 23.0 Å². The van der Waals surface area contributed by atoms with Crippen LogP contribution >= 0.6 is 0 Å². The Hall–Kier alpha value is -2.40. The van der Waals surface area contributed by atoms with Crippen molar-refractivity contribution in [2.45, 2.75) is 25.7 Å². The molecule has 0 amide bonds. The van der Waals surface area contributed by atoms with Crippen LogP contribution in [0.2, 0.25) is 0 Å². The van der Waals surface area contributed by atoms with Gasteiger partial charge >= 0.3 is 0 Å². The molecule has 2 aromatic carbocycles. The molecule has 0 bridgehead atoms. The molecule has 5 nitrogen and oxygen atoms in total. The van der Waals surface area contributed by atoms with E-state index in [1.54, 1.807) is 24.3 Å². The summed E-state index contributed by atoms with van der Waals surface area (Å²) in [5.74, 6) is -0.331. The number of para-hydroxylation sites is 2. The van der Waals surface area contributed by atoms with Gasteiger partial charge in [-0.3, -0.25) is 0 Å². The highest BCUT2D eigenvalue weighted by atomic mass is 16.5. The van der Waals surface area contributed by atoms with Crippen LogP contribution < -0.4 is 0 Å². The largest absolute Gasteiger partial charge is 0.504 e. The monoisotopic (exact) mass is 318 g/mol. The van der Waals surface area contributed by atoms with Gasteiger partial charge in [0.1, 0.15) is 0 Å². The lowest BCUT2D eigenvalue weighted by atomic mass is 10.1. The Labute approximate surface area is 135 Å². The highest BCUT2D eigenvalue weighted by Crippen LogP contribution is 2.29. The van der Waals surface area contributed by atoms with Gasteiger partial charge < -0.3 is 25.2 Å². The third-order valence-corrected chi connectivity index (χ3v) is 3.67. The molecule has 2 rings (SSSR count). The summed E-state index contributed by atoms with van der Waals surface area (Å²) < 4.78 is 5.53. The number of benzene rings is 2. The first kappa shape index (κ1) is 17.0. The zero-order valence-electron chi connectivity index (χ0n) is 12.9. The third kappa shape index (κ3) is 4.79. The molecule has 0 aromatic heterocycles. The Morgan fingerprint density at radius 2 is 1.09 bits per heavy atom. The number of ether oxygens (including phenoxy) is 1. The van der Waals surface area contributed by atoms with E-state index in [1.807, 2.05) is 0 Å². The van der Waals surface area contributed by atoms with Crippen LogP contribution in [0.1, 0.15) is 24.0 Å². The lowest BCUT2D eigenvalue weighted by Gasteiger charge is -2.08. The Kier molecular flexibility index (Phi) is 6.11. The minimum absolute atomic E-state index is 0.0631. The Bertz CT molecular complexity index is 584. The quantitative estimate of drug-likeness (QED) is 0.443. The maximum Gasteiger partial charge on any atom is 0.160 e. The molecule has 0 aliphatic heterocycles. The van der Waals surface area contributed by atoms with Gasteiger partial charge in [-0.2, -0.15) is 0 Å². The molecular weight excluding hydrogens is 296 g/mol. The summed E-state index contributed by atoms with van der Waals surface area (Å²) in [5.41, 5.74) is 1.41. The molecular formula is C18H22O5. The highest BCUT2D eigenvalue weighted by Gasteiger charge is 2.06. The van der Waals surface area contributed by atoms with E-state index in [1.165, 1.54) is 12.1 Å². The first-order valence-corrected chi connectivity index (χ1v) is 7.67. The highest BCUT2D eigenvalue weighted by molar-refractivity contribution is 5.44. The molecule has 23 heavy (non-hydrogen) atoms. The van der Waals surface area contributed by atoms with Crippen LogP contribution in [0.3, 0.4) is 0 Å². The van der Waals surface area contributed by atoms with Crippen molar-refractivity contribution in [3.8, 4) is 23.0 Å². The molecule has 0 radical (unpaired) electrons. The van der Waals surface area contributed by atoms with Crippen molar-refractivity contribution in [1.29, 1.82) is 0 Å². The van der Waals surface area contributed by atoms with Crippen molar-refractivity contribution in [3.05, 3.63) is 47.5 Å². The predicted octanol–water partition coefficient (Wildman–Crippen LogP) is 3.09. The fourth-order valence-corrected chi connectivity index (χ4v) is 2.39. The first-order chi connectivity index (χ1) is 11.1. The van der Waals surface area contributed by atoms with Crippen molar-refractivity contribution in [1.82, 2.24) is 0 Å². The second-order valence-corrected chi connectivity index (χ2v) is 5.39. The van der Waals surface area contributed by atoms with Gasteiger partial charge in [-0.15, -0.1) is 0 Å². The molecule has 0 heterocycles. The minimum atomic E-state index is -0.102. The second kappa shape index (κ2) is 8.29. The van der Waals surface area contributed by atoms with E-state index in [0.29, 0.717) is 37.2 Å². The van der Waals surface area contributed by atoms with Crippen LogP contribution in [0.4, 0.5) is 0 Å². The number of hydrogen-bond acceptors (Lipinski definition) is 5. The normalized spacial score (nSPS) is 10.8. The molecule has 0 atom stereocenters. The predicted molar refractivity (Wildman–Crippen MR) is 87.0 cm³/mol. The fraction of sp³-hybridized carbons (Fsp3) is 0.333. The molecule has 0 aliphatic rings. The van der Waals surface area contributed by atoms with Gasteiger partial charge in [0.2, 0.25) is 0 Å². The smallest absolute Gasteiger partial charge is 0.160 e. The number of rotatable bonds is 8. The molecule has 0 spiro atoms. The summed E-state index contributed by atoms with van der Waals surface area (Å²) in [6.07, 6.45) is 2.75. The Morgan fingerprint density at radius 1 is 0.652 bits per heavy atom. The number of phenols is 4. The van der Waals surface area contributed by atoms with Crippen molar-refractivity contribution >= 4 is 0 Å². The first-order valence-electron chi connectivity index (χ1n) is 7.67. The third-order valence-electron chi connectivity index (χ3n) is 3.67. The summed E-state index contributed by atoms with van der Waals surface area (Å²) in [4.78, 5) is 0. The SMILES string of the molecule is Oc1cccc(CCCOCCCc2cccc(O)c2O)c1O. The van der Waals surface area contributed by atoms with E-state index < -0.39 is 0 Å². The molecule has 0 fully saturated rings. The van der Waals surface area contributed by atoms with Gasteiger partial charge in [-0.25, -0.2) is 0 Å². The van der Waals surface area contributed by atoms with E-state index >= 15 is 0 Å². The maximum absolute atomic E-state index is 9.68. The van der Waals surface area contributed by atoms with E-state index in [9.17, 15) is 20.4 Å². The minimum Gasteiger partial charge on any atom is -0.504 e. The van der Waals surface area contributed by atoms with Crippen LogP contribution in [0, 0.1) is 0 Å². The van der Waals surface area contributed by atoms with Gasteiger partial charge in [0.05, 0.1) is 0 Å².